The molecular weight excluding hydrogens is 508 g/mol. The summed E-state index contributed by atoms with van der Waals surface area (Å²) in [4.78, 5) is 29.9. The molecule has 5 rings (SSSR count). The fraction of sp³-hybridized carbons (Fsp3) is 0.455. The van der Waals surface area contributed by atoms with Gasteiger partial charge in [-0.2, -0.15) is 0 Å². The quantitative estimate of drug-likeness (QED) is 0.366. The highest BCUT2D eigenvalue weighted by Gasteiger charge is 2.42. The Morgan fingerprint density at radius 3 is 2.23 bits per heavy atom. The minimum Gasteiger partial charge on any atom is -0.459 e. The maximum atomic E-state index is 13.9. The summed E-state index contributed by atoms with van der Waals surface area (Å²) in [6.45, 7) is 8.06. The second-order valence-electron chi connectivity index (χ2n) is 11.0. The molecule has 1 aliphatic heterocycles. The monoisotopic (exact) mass is 546 g/mol. The molecular formula is C33H39ClN2O3. The number of anilines is 1. The number of halogens is 1. The fourth-order valence-corrected chi connectivity index (χ4v) is 6.60. The van der Waals surface area contributed by atoms with Gasteiger partial charge in [0, 0.05) is 53.1 Å². The van der Waals surface area contributed by atoms with Crippen molar-refractivity contribution >= 4 is 29.0 Å². The zero-order valence-corrected chi connectivity index (χ0v) is 24.0. The average Bonchev–Trinajstić information content (AvgIpc) is 2.94. The molecule has 0 aromatic heterocycles. The van der Waals surface area contributed by atoms with Crippen molar-refractivity contribution in [2.75, 3.05) is 18.0 Å². The van der Waals surface area contributed by atoms with Gasteiger partial charge in [-0.1, -0.05) is 42.3 Å². The van der Waals surface area contributed by atoms with Crippen LogP contribution in [-0.2, 0) is 14.3 Å². The topological polar surface area (TPSA) is 58.6 Å². The lowest BCUT2D eigenvalue weighted by atomic mass is 9.71. The van der Waals surface area contributed by atoms with E-state index in [9.17, 15) is 9.59 Å². The van der Waals surface area contributed by atoms with Gasteiger partial charge in [-0.05, 0) is 94.2 Å². The van der Waals surface area contributed by atoms with Crippen LogP contribution >= 0.6 is 11.6 Å². The van der Waals surface area contributed by atoms with Gasteiger partial charge in [-0.3, -0.25) is 4.79 Å². The van der Waals surface area contributed by atoms with E-state index in [1.807, 2.05) is 31.2 Å². The molecule has 2 atom stereocenters. The summed E-state index contributed by atoms with van der Waals surface area (Å²) >= 11 is 6.12. The van der Waals surface area contributed by atoms with Crippen LogP contribution in [-0.4, -0.2) is 30.9 Å². The van der Waals surface area contributed by atoms with E-state index in [1.54, 1.807) is 0 Å². The number of ketones is 1. The molecule has 0 radical (unpaired) electrons. The molecule has 0 unspecified atom stereocenters. The van der Waals surface area contributed by atoms with Crippen LogP contribution in [0.25, 0.3) is 0 Å². The Labute approximate surface area is 237 Å². The highest BCUT2D eigenvalue weighted by molar-refractivity contribution is 6.30. The summed E-state index contributed by atoms with van der Waals surface area (Å²) in [5.41, 5.74) is 6.15. The molecule has 0 amide bonds. The van der Waals surface area contributed by atoms with Crippen LogP contribution in [0.15, 0.2) is 71.1 Å². The van der Waals surface area contributed by atoms with Crippen LogP contribution in [0.3, 0.4) is 0 Å². The third-order valence-corrected chi connectivity index (χ3v) is 8.82. The van der Waals surface area contributed by atoms with Crippen LogP contribution in [0.1, 0.15) is 88.7 Å². The first-order valence-electron chi connectivity index (χ1n) is 14.4. The van der Waals surface area contributed by atoms with E-state index < -0.39 is 5.92 Å². The van der Waals surface area contributed by atoms with E-state index in [0.29, 0.717) is 29.0 Å². The van der Waals surface area contributed by atoms with Crippen LogP contribution in [0, 0.1) is 0 Å². The number of Topliss-reactive ketones (excluding diaryl/α,β-unsaturated/α-hetero) is 1. The second kappa shape index (κ2) is 12.0. The Balaban J connectivity index is 1.52. The number of nitrogens with one attached hydrogen (secondary N) is 1. The molecule has 6 heteroatoms. The van der Waals surface area contributed by atoms with Crippen molar-refractivity contribution in [2.45, 2.75) is 83.7 Å². The number of allylic oxidation sites excluding steroid dienone is 3. The molecule has 3 aliphatic rings. The van der Waals surface area contributed by atoms with Gasteiger partial charge >= 0.3 is 5.97 Å². The van der Waals surface area contributed by atoms with E-state index in [2.05, 4.69) is 48.3 Å². The fourth-order valence-electron chi connectivity index (χ4n) is 6.48. The van der Waals surface area contributed by atoms with Gasteiger partial charge < -0.3 is 15.0 Å². The molecule has 1 N–H and O–H groups in total. The Hall–Kier alpha value is -3.05. The number of carbonyl (C=O) groups is 2. The van der Waals surface area contributed by atoms with Gasteiger partial charge in [-0.25, -0.2) is 4.79 Å². The lowest BCUT2D eigenvalue weighted by molar-refractivity contribution is -0.146. The first-order valence-corrected chi connectivity index (χ1v) is 14.8. The summed E-state index contributed by atoms with van der Waals surface area (Å²) < 4.78 is 6.07. The van der Waals surface area contributed by atoms with Gasteiger partial charge in [0.25, 0.3) is 0 Å². The van der Waals surface area contributed by atoms with Crippen molar-refractivity contribution in [3.63, 3.8) is 0 Å². The smallest absolute Gasteiger partial charge is 0.337 e. The summed E-state index contributed by atoms with van der Waals surface area (Å²) in [5, 5.41) is 4.16. The maximum absolute atomic E-state index is 13.9. The minimum absolute atomic E-state index is 0.0519. The molecule has 5 nitrogen and oxygen atoms in total. The molecule has 206 valence electrons. The lowest BCUT2D eigenvalue weighted by Crippen LogP contribution is -2.37. The second-order valence-corrected chi connectivity index (χ2v) is 11.4. The van der Waals surface area contributed by atoms with Crippen molar-refractivity contribution in [2.24, 2.45) is 0 Å². The molecule has 2 aliphatic carbocycles. The molecule has 0 bridgehead atoms. The van der Waals surface area contributed by atoms with E-state index in [0.717, 1.165) is 67.0 Å². The SMILES string of the molecule is CCN(CC)c1ccc([C@@H]2C(C(=O)OC3CCCCC3)=C(C)NC3=C2C(=O)C[C@H](c2ccc(Cl)cc2)C3)cc1. The van der Waals surface area contributed by atoms with E-state index >= 15 is 0 Å². The molecule has 0 spiro atoms. The summed E-state index contributed by atoms with van der Waals surface area (Å²) in [6, 6.07) is 16.1. The van der Waals surface area contributed by atoms with Gasteiger partial charge in [0.15, 0.2) is 5.78 Å². The maximum Gasteiger partial charge on any atom is 0.337 e. The van der Waals surface area contributed by atoms with Crippen LogP contribution in [0.5, 0.6) is 0 Å². The summed E-state index contributed by atoms with van der Waals surface area (Å²) in [5.74, 6) is -0.599. The van der Waals surface area contributed by atoms with E-state index in [4.69, 9.17) is 16.3 Å². The van der Waals surface area contributed by atoms with Crippen molar-refractivity contribution in [1.29, 1.82) is 0 Å². The number of rotatable bonds is 7. The van der Waals surface area contributed by atoms with Crippen molar-refractivity contribution in [1.82, 2.24) is 5.32 Å². The molecule has 39 heavy (non-hydrogen) atoms. The number of nitrogens with zero attached hydrogens (tertiary/aromatic N) is 1. The first kappa shape index (κ1) is 27.5. The minimum atomic E-state index is -0.443. The Bertz CT molecular complexity index is 1270. The predicted octanol–water partition coefficient (Wildman–Crippen LogP) is 7.42. The third-order valence-electron chi connectivity index (χ3n) is 8.57. The summed E-state index contributed by atoms with van der Waals surface area (Å²) in [6.07, 6.45) is 6.24. The number of ether oxygens (including phenoxy) is 1. The summed E-state index contributed by atoms with van der Waals surface area (Å²) in [7, 11) is 0. The number of hydrogen-bond acceptors (Lipinski definition) is 5. The van der Waals surface area contributed by atoms with E-state index in [-0.39, 0.29) is 23.8 Å². The largest absolute Gasteiger partial charge is 0.459 e. The van der Waals surface area contributed by atoms with Crippen molar-refractivity contribution < 1.29 is 14.3 Å². The normalized spacial score (nSPS) is 21.9. The Morgan fingerprint density at radius 2 is 1.59 bits per heavy atom. The predicted molar refractivity (Wildman–Crippen MR) is 157 cm³/mol. The Morgan fingerprint density at radius 1 is 0.949 bits per heavy atom. The van der Waals surface area contributed by atoms with E-state index in [1.165, 1.54) is 6.42 Å². The van der Waals surface area contributed by atoms with Crippen LogP contribution in [0.2, 0.25) is 5.02 Å². The average molecular weight is 547 g/mol. The van der Waals surface area contributed by atoms with Crippen LogP contribution < -0.4 is 10.2 Å². The molecule has 1 heterocycles. The number of hydrogen-bond donors (Lipinski definition) is 1. The van der Waals surface area contributed by atoms with Gasteiger partial charge in [0.1, 0.15) is 6.10 Å². The van der Waals surface area contributed by atoms with Gasteiger partial charge in [0.05, 0.1) is 5.57 Å². The Kier molecular flexibility index (Phi) is 8.46. The van der Waals surface area contributed by atoms with Crippen molar-refractivity contribution in [3.8, 4) is 0 Å². The van der Waals surface area contributed by atoms with Crippen LogP contribution in [0.4, 0.5) is 5.69 Å². The molecule has 2 aromatic carbocycles. The van der Waals surface area contributed by atoms with Gasteiger partial charge in [0.2, 0.25) is 0 Å². The zero-order valence-electron chi connectivity index (χ0n) is 23.3. The van der Waals surface area contributed by atoms with Gasteiger partial charge in [-0.15, -0.1) is 0 Å². The number of esters is 1. The number of carbonyl (C=O) groups excluding carboxylic acids is 2. The number of dihydropyridines is 1. The lowest BCUT2D eigenvalue weighted by Gasteiger charge is -2.37. The number of benzene rings is 2. The zero-order chi connectivity index (χ0) is 27.5. The molecule has 2 aromatic rings. The highest BCUT2D eigenvalue weighted by Crippen LogP contribution is 2.46. The molecule has 0 saturated heterocycles. The standard InChI is InChI=1S/C33H39ClN2O3/c1-4-36(5-2)26-17-13-23(14-18-26)31-30(33(38)39-27-9-7-6-8-10-27)21(3)35-28-19-24(20-29(37)32(28)31)22-11-15-25(34)16-12-22/h11-18,24,27,31,35H,4-10,19-20H2,1-3H3/t24-,31-/m1/s1. The molecule has 1 saturated carbocycles. The first-order chi connectivity index (χ1) is 18.9. The highest BCUT2D eigenvalue weighted by atomic mass is 35.5. The van der Waals surface area contributed by atoms with Crippen molar-refractivity contribution in [3.05, 3.63) is 87.2 Å². The third kappa shape index (κ3) is 5.79. The molecule has 1 fully saturated rings.